The predicted octanol–water partition coefficient (Wildman–Crippen LogP) is -0.199. The Labute approximate surface area is 89.2 Å². The Balaban J connectivity index is 1.60. The predicted molar refractivity (Wildman–Crippen MR) is 59.0 cm³/mol. The second-order valence-electron chi connectivity index (χ2n) is 4.29. The van der Waals surface area contributed by atoms with Gasteiger partial charge in [-0.1, -0.05) is 0 Å². The molecule has 3 heterocycles. The molecule has 1 atom stereocenters. The maximum atomic E-state index is 4.35. The Morgan fingerprint density at radius 1 is 1.53 bits per heavy atom. The molecule has 3 N–H and O–H groups in total. The van der Waals surface area contributed by atoms with Crippen molar-refractivity contribution in [3.05, 3.63) is 12.3 Å². The van der Waals surface area contributed by atoms with Gasteiger partial charge in [0.25, 0.3) is 0 Å². The molecule has 1 aromatic rings. The van der Waals surface area contributed by atoms with Crippen LogP contribution >= 0.6 is 0 Å². The lowest BCUT2D eigenvalue weighted by molar-refractivity contribution is 0.320. The monoisotopic (exact) mass is 207 g/mol. The van der Waals surface area contributed by atoms with Crippen molar-refractivity contribution in [2.75, 3.05) is 31.5 Å². The van der Waals surface area contributed by atoms with E-state index in [1.165, 1.54) is 6.42 Å². The largest absolute Gasteiger partial charge is 0.369 e. The van der Waals surface area contributed by atoms with Gasteiger partial charge in [-0.15, -0.1) is 0 Å². The van der Waals surface area contributed by atoms with E-state index >= 15 is 0 Å². The molecule has 1 unspecified atom stereocenters. The van der Waals surface area contributed by atoms with Crippen LogP contribution in [0.25, 0.3) is 0 Å². The molecule has 3 rings (SSSR count). The van der Waals surface area contributed by atoms with E-state index in [9.17, 15) is 0 Å². The van der Waals surface area contributed by atoms with Crippen LogP contribution in [0.4, 0.5) is 5.82 Å². The van der Waals surface area contributed by atoms with Crippen LogP contribution < -0.4 is 16.0 Å². The summed E-state index contributed by atoms with van der Waals surface area (Å²) in [5.74, 6) is 1.15. The van der Waals surface area contributed by atoms with Crippen molar-refractivity contribution >= 4 is 5.82 Å². The van der Waals surface area contributed by atoms with Crippen LogP contribution in [0.3, 0.4) is 0 Å². The van der Waals surface area contributed by atoms with Crippen molar-refractivity contribution in [1.82, 2.24) is 20.4 Å². The summed E-state index contributed by atoms with van der Waals surface area (Å²) in [4.78, 5) is 0. The molecule has 82 valence electrons. The lowest BCUT2D eigenvalue weighted by Crippen LogP contribution is -2.48. The van der Waals surface area contributed by atoms with Gasteiger partial charge in [0.15, 0.2) is 0 Å². The molecule has 5 heteroatoms. The highest BCUT2D eigenvalue weighted by atomic mass is 15.4. The zero-order valence-electron chi connectivity index (χ0n) is 8.74. The fraction of sp³-hybridized carbons (Fsp3) is 0.700. The minimum Gasteiger partial charge on any atom is -0.369 e. The standard InChI is InChI=1S/C10H17N5/c1-3-12-8(1)5-13-10-2-4-14-15(10)9-6-11-7-9/h2,4,8-9,11-13H,1,3,5-7H2. The summed E-state index contributed by atoms with van der Waals surface area (Å²) in [5, 5.41) is 14.5. The highest BCUT2D eigenvalue weighted by molar-refractivity contribution is 5.35. The third kappa shape index (κ3) is 1.72. The maximum Gasteiger partial charge on any atom is 0.124 e. The molecule has 0 radical (unpaired) electrons. The lowest BCUT2D eigenvalue weighted by Gasteiger charge is -2.31. The van der Waals surface area contributed by atoms with Gasteiger partial charge in [0, 0.05) is 31.7 Å². The van der Waals surface area contributed by atoms with Crippen molar-refractivity contribution in [2.24, 2.45) is 0 Å². The van der Waals surface area contributed by atoms with E-state index in [0.29, 0.717) is 12.1 Å². The van der Waals surface area contributed by atoms with E-state index in [1.807, 2.05) is 6.20 Å². The fourth-order valence-corrected chi connectivity index (χ4v) is 1.94. The number of hydrogen-bond acceptors (Lipinski definition) is 4. The third-order valence-corrected chi connectivity index (χ3v) is 3.23. The molecule has 2 fully saturated rings. The first-order valence-electron chi connectivity index (χ1n) is 5.65. The second kappa shape index (κ2) is 3.83. The number of aromatic nitrogens is 2. The van der Waals surface area contributed by atoms with E-state index in [2.05, 4.69) is 31.8 Å². The van der Waals surface area contributed by atoms with Crippen LogP contribution in [0.2, 0.25) is 0 Å². The van der Waals surface area contributed by atoms with Crippen LogP contribution in [0, 0.1) is 0 Å². The van der Waals surface area contributed by atoms with Crippen molar-refractivity contribution in [1.29, 1.82) is 0 Å². The lowest BCUT2D eigenvalue weighted by atomic mass is 10.1. The molecule has 0 aromatic carbocycles. The minimum absolute atomic E-state index is 0.539. The van der Waals surface area contributed by atoms with Gasteiger partial charge >= 0.3 is 0 Å². The molecule has 2 aliphatic rings. The molecule has 0 aliphatic carbocycles. The van der Waals surface area contributed by atoms with Gasteiger partial charge in [0.05, 0.1) is 12.2 Å². The highest BCUT2D eigenvalue weighted by Crippen LogP contribution is 2.17. The molecule has 0 bridgehead atoms. The summed E-state index contributed by atoms with van der Waals surface area (Å²) < 4.78 is 2.09. The first-order valence-corrected chi connectivity index (χ1v) is 5.65. The van der Waals surface area contributed by atoms with Crippen LogP contribution in [0.5, 0.6) is 0 Å². The Hall–Kier alpha value is -1.07. The summed E-state index contributed by atoms with van der Waals surface area (Å²) in [6, 6.07) is 3.24. The van der Waals surface area contributed by atoms with Gasteiger partial charge in [0.1, 0.15) is 5.82 Å². The number of hydrogen-bond donors (Lipinski definition) is 3. The average Bonchev–Trinajstić information content (AvgIpc) is 2.47. The topological polar surface area (TPSA) is 53.9 Å². The van der Waals surface area contributed by atoms with Crippen LogP contribution in [-0.4, -0.2) is 42.0 Å². The second-order valence-corrected chi connectivity index (χ2v) is 4.29. The van der Waals surface area contributed by atoms with E-state index in [-0.39, 0.29) is 0 Å². The molecule has 0 saturated carbocycles. The highest BCUT2D eigenvalue weighted by Gasteiger charge is 2.22. The summed E-state index contributed by atoms with van der Waals surface area (Å²) >= 11 is 0. The van der Waals surface area contributed by atoms with Gasteiger partial charge in [-0.2, -0.15) is 5.10 Å². The molecule has 0 amide bonds. The van der Waals surface area contributed by atoms with Gasteiger partial charge in [-0.05, 0) is 13.0 Å². The third-order valence-electron chi connectivity index (χ3n) is 3.23. The van der Waals surface area contributed by atoms with E-state index in [0.717, 1.165) is 32.0 Å². The van der Waals surface area contributed by atoms with Gasteiger partial charge in [0.2, 0.25) is 0 Å². The van der Waals surface area contributed by atoms with Gasteiger partial charge in [-0.3, -0.25) is 0 Å². The maximum absolute atomic E-state index is 4.35. The Bertz CT molecular complexity index is 326. The molecular formula is C10H17N5. The van der Waals surface area contributed by atoms with Gasteiger partial charge in [-0.25, -0.2) is 4.68 Å². The molecule has 0 spiro atoms. The number of anilines is 1. The summed E-state index contributed by atoms with van der Waals surface area (Å²) in [6.45, 7) is 4.25. The molecule has 5 nitrogen and oxygen atoms in total. The molecule has 2 saturated heterocycles. The van der Waals surface area contributed by atoms with Crippen molar-refractivity contribution in [3.63, 3.8) is 0 Å². The fourth-order valence-electron chi connectivity index (χ4n) is 1.94. The number of rotatable bonds is 4. The zero-order chi connectivity index (χ0) is 10.1. The first-order chi connectivity index (χ1) is 7.43. The quantitative estimate of drug-likeness (QED) is 0.640. The van der Waals surface area contributed by atoms with Crippen molar-refractivity contribution in [2.45, 2.75) is 18.5 Å². The molecule has 1 aromatic heterocycles. The zero-order valence-corrected chi connectivity index (χ0v) is 8.74. The molecule has 15 heavy (non-hydrogen) atoms. The number of nitrogens with one attached hydrogen (secondary N) is 3. The van der Waals surface area contributed by atoms with Gasteiger partial charge < -0.3 is 16.0 Å². The van der Waals surface area contributed by atoms with E-state index < -0.39 is 0 Å². The summed E-state index contributed by atoms with van der Waals surface area (Å²) in [6.07, 6.45) is 3.15. The van der Waals surface area contributed by atoms with E-state index in [1.54, 1.807) is 0 Å². The van der Waals surface area contributed by atoms with E-state index in [4.69, 9.17) is 0 Å². The summed E-state index contributed by atoms with van der Waals surface area (Å²) in [5.41, 5.74) is 0. The SMILES string of the molecule is c1cc(NCC2CCN2)n(C2CNC2)n1. The van der Waals surface area contributed by atoms with Crippen LogP contribution in [0.15, 0.2) is 12.3 Å². The smallest absolute Gasteiger partial charge is 0.124 e. The van der Waals surface area contributed by atoms with Crippen molar-refractivity contribution < 1.29 is 0 Å². The Kier molecular flexibility index (Phi) is 2.34. The van der Waals surface area contributed by atoms with Crippen LogP contribution in [-0.2, 0) is 0 Å². The molecular weight excluding hydrogens is 190 g/mol. The Morgan fingerprint density at radius 2 is 2.40 bits per heavy atom. The normalized spacial score (nSPS) is 25.7. The first kappa shape index (κ1) is 9.18. The average molecular weight is 207 g/mol. The minimum atomic E-state index is 0.539. The van der Waals surface area contributed by atoms with Crippen LogP contribution in [0.1, 0.15) is 12.5 Å². The summed E-state index contributed by atoms with van der Waals surface area (Å²) in [7, 11) is 0. The van der Waals surface area contributed by atoms with Crippen molar-refractivity contribution in [3.8, 4) is 0 Å². The number of nitrogens with zero attached hydrogens (tertiary/aromatic N) is 2. The Morgan fingerprint density at radius 3 is 3.00 bits per heavy atom. The molecule has 2 aliphatic heterocycles.